The molecular weight excluding hydrogens is 306 g/mol. The summed E-state index contributed by atoms with van der Waals surface area (Å²) < 4.78 is 11.2. The summed E-state index contributed by atoms with van der Waals surface area (Å²) in [5, 5.41) is 4.00. The molecule has 0 unspecified atom stereocenters. The van der Waals surface area contributed by atoms with E-state index in [1.165, 1.54) is 0 Å². The van der Waals surface area contributed by atoms with Gasteiger partial charge in [0.05, 0.1) is 12.7 Å². The molecule has 0 N–H and O–H groups in total. The number of ether oxygens (including phenoxy) is 1. The number of likely N-dealkylation sites (tertiary alicyclic amines) is 1. The van der Waals surface area contributed by atoms with E-state index in [0.717, 1.165) is 38.2 Å². The third-order valence-corrected chi connectivity index (χ3v) is 4.15. The second-order valence-corrected chi connectivity index (χ2v) is 7.50. The predicted octanol–water partition coefficient (Wildman–Crippen LogP) is 2.86. The summed E-state index contributed by atoms with van der Waals surface area (Å²) in [4.78, 5) is 18.4. The van der Waals surface area contributed by atoms with Crippen molar-refractivity contribution in [3.8, 4) is 0 Å². The smallest absolute Gasteiger partial charge is 0.226 e. The summed E-state index contributed by atoms with van der Waals surface area (Å²) in [6.07, 6.45) is 4.19. The molecule has 1 aromatic heterocycles. The molecule has 0 aliphatic carbocycles. The van der Waals surface area contributed by atoms with E-state index in [1.54, 1.807) is 0 Å². The molecule has 2 rings (SSSR count). The molecule has 0 aromatic carbocycles. The maximum absolute atomic E-state index is 12.1. The highest BCUT2D eigenvalue weighted by atomic mass is 16.5. The zero-order chi connectivity index (χ0) is 17.5. The lowest BCUT2D eigenvalue weighted by Crippen LogP contribution is -2.41. The van der Waals surface area contributed by atoms with Gasteiger partial charge in [0, 0.05) is 32.4 Å². The summed E-state index contributed by atoms with van der Waals surface area (Å²) in [5.74, 6) is 2.63. The van der Waals surface area contributed by atoms with Crippen LogP contribution in [0.25, 0.3) is 0 Å². The lowest BCUT2D eigenvalue weighted by Gasteiger charge is -2.32. The first-order valence-electron chi connectivity index (χ1n) is 9.15. The van der Waals surface area contributed by atoms with Crippen LogP contribution in [0.5, 0.6) is 0 Å². The van der Waals surface area contributed by atoms with E-state index in [4.69, 9.17) is 9.26 Å². The van der Waals surface area contributed by atoms with Crippen LogP contribution < -0.4 is 0 Å². The van der Waals surface area contributed by atoms with Crippen molar-refractivity contribution in [1.82, 2.24) is 15.0 Å². The Morgan fingerprint density at radius 3 is 2.58 bits per heavy atom. The van der Waals surface area contributed by atoms with Crippen LogP contribution in [0.15, 0.2) is 4.52 Å². The van der Waals surface area contributed by atoms with Gasteiger partial charge in [0.15, 0.2) is 5.82 Å². The summed E-state index contributed by atoms with van der Waals surface area (Å²) in [5.41, 5.74) is 0. The van der Waals surface area contributed by atoms with E-state index >= 15 is 0 Å². The highest BCUT2D eigenvalue weighted by molar-refractivity contribution is 5.76. The average molecular weight is 337 g/mol. The number of amides is 1. The van der Waals surface area contributed by atoms with Crippen molar-refractivity contribution in [2.24, 2.45) is 11.8 Å². The largest absolute Gasteiger partial charge is 0.378 e. The van der Waals surface area contributed by atoms with Gasteiger partial charge >= 0.3 is 0 Å². The fourth-order valence-electron chi connectivity index (χ4n) is 2.89. The van der Waals surface area contributed by atoms with Crippen LogP contribution in [0.4, 0.5) is 0 Å². The first-order valence-corrected chi connectivity index (χ1v) is 9.15. The number of aromatic nitrogens is 2. The Balaban J connectivity index is 1.64. The molecule has 1 saturated heterocycles. The summed E-state index contributed by atoms with van der Waals surface area (Å²) in [6.45, 7) is 10.6. The summed E-state index contributed by atoms with van der Waals surface area (Å²) >= 11 is 0. The van der Waals surface area contributed by atoms with Gasteiger partial charge in [0.1, 0.15) is 0 Å². The number of hydrogen-bond donors (Lipinski definition) is 0. The number of carbonyl (C=O) groups excluding carboxylic acids is 1. The minimum atomic E-state index is 0.232. The minimum absolute atomic E-state index is 0.232. The molecule has 1 aromatic rings. The molecule has 0 radical (unpaired) electrons. The molecule has 24 heavy (non-hydrogen) atoms. The second-order valence-electron chi connectivity index (χ2n) is 7.50. The van der Waals surface area contributed by atoms with Crippen LogP contribution in [0.3, 0.4) is 0 Å². The third kappa shape index (κ3) is 6.23. The molecule has 1 aliphatic heterocycles. The first kappa shape index (κ1) is 18.9. The Kier molecular flexibility index (Phi) is 7.21. The molecule has 1 aliphatic rings. The summed E-state index contributed by atoms with van der Waals surface area (Å²) in [6, 6.07) is 0. The maximum atomic E-state index is 12.1. The Labute approximate surface area is 144 Å². The highest BCUT2D eigenvalue weighted by Gasteiger charge is 2.23. The topological polar surface area (TPSA) is 68.5 Å². The Morgan fingerprint density at radius 1 is 1.25 bits per heavy atom. The van der Waals surface area contributed by atoms with Gasteiger partial charge < -0.3 is 14.2 Å². The van der Waals surface area contributed by atoms with Crippen molar-refractivity contribution in [3.05, 3.63) is 11.7 Å². The molecular formula is C18H31N3O3. The molecule has 6 nitrogen and oxygen atoms in total. The zero-order valence-corrected chi connectivity index (χ0v) is 15.5. The van der Waals surface area contributed by atoms with Gasteiger partial charge in [-0.1, -0.05) is 32.9 Å². The second kappa shape index (κ2) is 9.16. The van der Waals surface area contributed by atoms with Crippen LogP contribution >= 0.6 is 0 Å². The number of rotatable bonds is 8. The van der Waals surface area contributed by atoms with E-state index in [-0.39, 0.29) is 12.0 Å². The average Bonchev–Trinajstić information content (AvgIpc) is 2.94. The highest BCUT2D eigenvalue weighted by Crippen LogP contribution is 2.16. The third-order valence-electron chi connectivity index (χ3n) is 4.15. The molecule has 136 valence electrons. The lowest BCUT2D eigenvalue weighted by molar-refractivity contribution is -0.134. The van der Waals surface area contributed by atoms with Crippen LogP contribution in [0, 0.1) is 11.8 Å². The Bertz CT molecular complexity index is 505. The quantitative estimate of drug-likeness (QED) is 0.729. The molecule has 1 fully saturated rings. The molecule has 0 spiro atoms. The van der Waals surface area contributed by atoms with Gasteiger partial charge in [-0.3, -0.25) is 4.79 Å². The number of carbonyl (C=O) groups is 1. The Hall–Kier alpha value is -1.43. The number of nitrogens with zero attached hydrogens (tertiary/aromatic N) is 3. The normalized spacial score (nSPS) is 16.3. The van der Waals surface area contributed by atoms with Gasteiger partial charge in [-0.15, -0.1) is 0 Å². The molecule has 6 heteroatoms. The first-order chi connectivity index (χ1) is 11.4. The van der Waals surface area contributed by atoms with E-state index < -0.39 is 0 Å². The van der Waals surface area contributed by atoms with Crippen LogP contribution in [-0.4, -0.2) is 46.7 Å². The van der Waals surface area contributed by atoms with Crippen LogP contribution in [-0.2, 0) is 22.4 Å². The number of piperidine rings is 1. The standard InChI is InChI=1S/C18H31N3O3/c1-13(2)11-17-19-16(20-24-17)7-10-23-15-5-8-21(9-6-15)18(22)12-14(3)4/h13-15H,5-12H2,1-4H3. The van der Waals surface area contributed by atoms with Crippen molar-refractivity contribution < 1.29 is 14.1 Å². The van der Waals surface area contributed by atoms with E-state index in [0.29, 0.717) is 37.2 Å². The van der Waals surface area contributed by atoms with Crippen molar-refractivity contribution in [1.29, 1.82) is 0 Å². The van der Waals surface area contributed by atoms with E-state index in [1.807, 2.05) is 4.90 Å². The van der Waals surface area contributed by atoms with Crippen molar-refractivity contribution in [2.45, 2.75) is 65.9 Å². The fourth-order valence-corrected chi connectivity index (χ4v) is 2.89. The Morgan fingerprint density at radius 2 is 1.96 bits per heavy atom. The van der Waals surface area contributed by atoms with Gasteiger partial charge in [-0.25, -0.2) is 0 Å². The van der Waals surface area contributed by atoms with E-state index in [9.17, 15) is 4.79 Å². The molecule has 2 heterocycles. The molecule has 0 bridgehead atoms. The lowest BCUT2D eigenvalue weighted by atomic mass is 10.1. The van der Waals surface area contributed by atoms with Gasteiger partial charge in [-0.2, -0.15) is 4.98 Å². The fraction of sp³-hybridized carbons (Fsp3) is 0.833. The van der Waals surface area contributed by atoms with Gasteiger partial charge in [-0.05, 0) is 24.7 Å². The predicted molar refractivity (Wildman–Crippen MR) is 91.6 cm³/mol. The summed E-state index contributed by atoms with van der Waals surface area (Å²) in [7, 11) is 0. The van der Waals surface area contributed by atoms with Crippen molar-refractivity contribution >= 4 is 5.91 Å². The SMILES string of the molecule is CC(C)CC(=O)N1CCC(OCCc2noc(CC(C)C)n2)CC1. The van der Waals surface area contributed by atoms with Crippen LogP contribution in [0.1, 0.15) is 58.7 Å². The molecule has 1 amide bonds. The number of hydrogen-bond acceptors (Lipinski definition) is 5. The molecule has 0 atom stereocenters. The van der Waals surface area contributed by atoms with Crippen molar-refractivity contribution in [3.63, 3.8) is 0 Å². The van der Waals surface area contributed by atoms with Crippen molar-refractivity contribution in [2.75, 3.05) is 19.7 Å². The zero-order valence-electron chi connectivity index (χ0n) is 15.5. The maximum Gasteiger partial charge on any atom is 0.226 e. The van der Waals surface area contributed by atoms with E-state index in [2.05, 4.69) is 37.8 Å². The van der Waals surface area contributed by atoms with Crippen LogP contribution in [0.2, 0.25) is 0 Å². The minimum Gasteiger partial charge on any atom is -0.378 e. The molecule has 0 saturated carbocycles. The van der Waals surface area contributed by atoms with Gasteiger partial charge in [0.25, 0.3) is 0 Å². The monoisotopic (exact) mass is 337 g/mol. The van der Waals surface area contributed by atoms with Gasteiger partial charge in [0.2, 0.25) is 11.8 Å².